The molecule has 0 unspecified atom stereocenters. The third-order valence-corrected chi connectivity index (χ3v) is 3.79. The zero-order valence-corrected chi connectivity index (χ0v) is 12.4. The highest BCUT2D eigenvalue weighted by atomic mass is 32.2. The molecule has 0 aliphatic carbocycles. The Bertz CT molecular complexity index is 424. The maximum absolute atomic E-state index is 11.0. The molecule has 0 amide bonds. The van der Waals surface area contributed by atoms with E-state index in [9.17, 15) is 10.1 Å². The molecule has 7 heteroatoms. The zero-order chi connectivity index (χ0) is 14.3. The summed E-state index contributed by atoms with van der Waals surface area (Å²) in [6, 6.07) is 3.12. The van der Waals surface area contributed by atoms with E-state index in [0.717, 1.165) is 25.4 Å². The van der Waals surface area contributed by atoms with E-state index in [4.69, 9.17) is 0 Å². The smallest absolute Gasteiger partial charge is 0.301 e. The van der Waals surface area contributed by atoms with Crippen molar-refractivity contribution in [1.82, 2.24) is 9.88 Å². The molecule has 0 bridgehead atoms. The van der Waals surface area contributed by atoms with Crippen molar-refractivity contribution in [3.63, 3.8) is 0 Å². The second-order valence-corrected chi connectivity index (χ2v) is 4.99. The average Bonchev–Trinajstić information content (AvgIpc) is 2.43. The minimum Gasteiger partial charge on any atom is -0.373 e. The lowest BCUT2D eigenvalue weighted by Gasteiger charge is -2.17. The second kappa shape index (κ2) is 7.96. The average molecular weight is 284 g/mol. The molecule has 1 aromatic rings. The van der Waals surface area contributed by atoms with Gasteiger partial charge in [0.05, 0.1) is 4.92 Å². The summed E-state index contributed by atoms with van der Waals surface area (Å²) in [7, 11) is 1.75. The van der Waals surface area contributed by atoms with Crippen molar-refractivity contribution < 1.29 is 4.92 Å². The van der Waals surface area contributed by atoms with Crippen LogP contribution in [0.3, 0.4) is 0 Å². The maximum Gasteiger partial charge on any atom is 0.301 e. The first-order valence-electron chi connectivity index (χ1n) is 6.30. The summed E-state index contributed by atoms with van der Waals surface area (Å²) in [4.78, 5) is 17.1. The van der Waals surface area contributed by atoms with Gasteiger partial charge in [0, 0.05) is 25.4 Å². The van der Waals surface area contributed by atoms with E-state index in [2.05, 4.69) is 29.0 Å². The summed E-state index contributed by atoms with van der Waals surface area (Å²) in [5.74, 6) is 1.44. The van der Waals surface area contributed by atoms with Gasteiger partial charge >= 0.3 is 5.69 Å². The van der Waals surface area contributed by atoms with Gasteiger partial charge in [-0.25, -0.2) is 4.98 Å². The van der Waals surface area contributed by atoms with E-state index >= 15 is 0 Å². The minimum absolute atomic E-state index is 0.0727. The van der Waals surface area contributed by atoms with Crippen molar-refractivity contribution in [2.45, 2.75) is 18.9 Å². The van der Waals surface area contributed by atoms with Crippen LogP contribution in [0.25, 0.3) is 0 Å². The lowest BCUT2D eigenvalue weighted by molar-refractivity contribution is -0.388. The second-order valence-electron chi connectivity index (χ2n) is 3.90. The van der Waals surface area contributed by atoms with Crippen molar-refractivity contribution in [3.8, 4) is 0 Å². The molecule has 106 valence electrons. The summed E-state index contributed by atoms with van der Waals surface area (Å²) in [6.45, 7) is 7.10. The van der Waals surface area contributed by atoms with Gasteiger partial charge in [-0.2, -0.15) is 0 Å². The molecule has 0 atom stereocenters. The van der Waals surface area contributed by atoms with Crippen LogP contribution in [0.1, 0.15) is 13.8 Å². The van der Waals surface area contributed by atoms with Crippen molar-refractivity contribution in [2.24, 2.45) is 0 Å². The first-order valence-corrected chi connectivity index (χ1v) is 7.29. The summed E-state index contributed by atoms with van der Waals surface area (Å²) >= 11 is 1.43. The fraction of sp³-hybridized carbons (Fsp3) is 0.583. The van der Waals surface area contributed by atoms with Gasteiger partial charge in [-0.15, -0.1) is 0 Å². The molecule has 0 fully saturated rings. The summed E-state index contributed by atoms with van der Waals surface area (Å²) in [5.41, 5.74) is 0.0727. The molecule has 0 saturated carbocycles. The van der Waals surface area contributed by atoms with Crippen LogP contribution < -0.4 is 5.32 Å². The van der Waals surface area contributed by atoms with Crippen LogP contribution in [0.4, 0.5) is 11.5 Å². The number of anilines is 1. The molecule has 1 N–H and O–H groups in total. The van der Waals surface area contributed by atoms with E-state index < -0.39 is 0 Å². The molecule has 1 heterocycles. The molecule has 0 saturated heterocycles. The molecule has 1 aromatic heterocycles. The van der Waals surface area contributed by atoms with Gasteiger partial charge in [0.25, 0.3) is 0 Å². The lowest BCUT2D eigenvalue weighted by atomic mass is 10.4. The highest BCUT2D eigenvalue weighted by molar-refractivity contribution is 7.99. The third kappa shape index (κ3) is 4.68. The van der Waals surface area contributed by atoms with Crippen LogP contribution in [0, 0.1) is 10.1 Å². The van der Waals surface area contributed by atoms with E-state index in [1.165, 1.54) is 17.8 Å². The molecule has 1 rings (SSSR count). The number of hydrogen-bond acceptors (Lipinski definition) is 6. The van der Waals surface area contributed by atoms with Gasteiger partial charge in [-0.1, -0.05) is 25.6 Å². The number of nitrogens with one attached hydrogen (secondary N) is 1. The van der Waals surface area contributed by atoms with Crippen molar-refractivity contribution in [1.29, 1.82) is 0 Å². The summed E-state index contributed by atoms with van der Waals surface area (Å²) in [6.07, 6.45) is 0. The molecule has 0 spiro atoms. The van der Waals surface area contributed by atoms with Crippen molar-refractivity contribution in [2.75, 3.05) is 37.8 Å². The Morgan fingerprint density at radius 1 is 1.42 bits per heavy atom. The Balaban J connectivity index is 2.72. The largest absolute Gasteiger partial charge is 0.373 e. The predicted molar refractivity (Wildman–Crippen MR) is 79.0 cm³/mol. The summed E-state index contributed by atoms with van der Waals surface area (Å²) < 4.78 is 0. The van der Waals surface area contributed by atoms with Gasteiger partial charge in [0.1, 0.15) is 5.82 Å². The molecule has 0 aromatic carbocycles. The molecule has 0 radical (unpaired) electrons. The van der Waals surface area contributed by atoms with Crippen LogP contribution in [0.15, 0.2) is 17.2 Å². The van der Waals surface area contributed by atoms with Gasteiger partial charge in [0.2, 0.25) is 0 Å². The fourth-order valence-electron chi connectivity index (χ4n) is 1.63. The zero-order valence-electron chi connectivity index (χ0n) is 11.5. The first-order chi connectivity index (χ1) is 9.12. The molecule has 6 nitrogen and oxygen atoms in total. The van der Waals surface area contributed by atoms with Crippen molar-refractivity contribution >= 4 is 23.3 Å². The quantitative estimate of drug-likeness (QED) is 0.449. The van der Waals surface area contributed by atoms with E-state index in [1.807, 2.05) is 0 Å². The minimum atomic E-state index is -0.383. The lowest BCUT2D eigenvalue weighted by Crippen LogP contribution is -2.25. The normalized spacial score (nSPS) is 10.7. The monoisotopic (exact) mass is 284 g/mol. The number of aromatic nitrogens is 1. The van der Waals surface area contributed by atoms with Gasteiger partial charge < -0.3 is 10.2 Å². The highest BCUT2D eigenvalue weighted by Gasteiger charge is 2.16. The molecule has 19 heavy (non-hydrogen) atoms. The molecular formula is C12H20N4O2S. The van der Waals surface area contributed by atoms with Gasteiger partial charge in [-0.3, -0.25) is 10.1 Å². The van der Waals surface area contributed by atoms with Crippen LogP contribution in [-0.2, 0) is 0 Å². The van der Waals surface area contributed by atoms with E-state index in [-0.39, 0.29) is 10.6 Å². The predicted octanol–water partition coefficient (Wildman–Crippen LogP) is 2.47. The fourth-order valence-corrected chi connectivity index (χ4v) is 2.62. The number of pyridine rings is 1. The third-order valence-electron chi connectivity index (χ3n) is 2.83. The maximum atomic E-state index is 11.0. The van der Waals surface area contributed by atoms with Crippen LogP contribution in [0.5, 0.6) is 0 Å². The Hall–Kier alpha value is -1.34. The Labute approximate surface area is 117 Å². The first kappa shape index (κ1) is 15.7. The Kier molecular flexibility index (Phi) is 6.58. The Morgan fingerprint density at radius 3 is 2.63 bits per heavy atom. The highest BCUT2D eigenvalue weighted by Crippen LogP contribution is 2.28. The SMILES string of the molecule is CCN(CC)CCSc1nc(NC)ccc1[N+](=O)[O-]. The Morgan fingerprint density at radius 2 is 2.11 bits per heavy atom. The number of nitro groups is 1. The van der Waals surface area contributed by atoms with Crippen LogP contribution >= 0.6 is 11.8 Å². The van der Waals surface area contributed by atoms with Gasteiger partial charge in [-0.05, 0) is 19.2 Å². The standard InChI is InChI=1S/C12H20N4O2S/c1-4-15(5-2)8-9-19-12-10(16(17)18)6-7-11(13-3)14-12/h6-7H,4-5,8-9H2,1-3H3,(H,13,14). The van der Waals surface area contributed by atoms with Crippen molar-refractivity contribution in [3.05, 3.63) is 22.2 Å². The summed E-state index contributed by atoms with van der Waals surface area (Å²) in [5, 5.41) is 14.3. The number of nitrogens with zero attached hydrogens (tertiary/aromatic N) is 3. The van der Waals surface area contributed by atoms with E-state index in [1.54, 1.807) is 13.1 Å². The van der Waals surface area contributed by atoms with Crippen LogP contribution in [-0.4, -0.2) is 47.2 Å². The topological polar surface area (TPSA) is 71.3 Å². The molecule has 0 aliphatic heterocycles. The number of rotatable bonds is 8. The molecule has 0 aliphatic rings. The number of thioether (sulfide) groups is 1. The van der Waals surface area contributed by atoms with Gasteiger partial charge in [0.15, 0.2) is 5.03 Å². The van der Waals surface area contributed by atoms with E-state index in [0.29, 0.717) is 10.8 Å². The van der Waals surface area contributed by atoms with Crippen LogP contribution in [0.2, 0.25) is 0 Å². The number of hydrogen-bond donors (Lipinski definition) is 1. The molecular weight excluding hydrogens is 264 g/mol.